The summed E-state index contributed by atoms with van der Waals surface area (Å²) in [4.78, 5) is 14.5. The topological polar surface area (TPSA) is 57.8 Å². The van der Waals surface area contributed by atoms with E-state index < -0.39 is 0 Å². The van der Waals surface area contributed by atoms with E-state index in [1.54, 1.807) is 11.3 Å². The Morgan fingerprint density at radius 1 is 1.20 bits per heavy atom. The molecule has 0 spiro atoms. The van der Waals surface area contributed by atoms with Crippen LogP contribution in [-0.4, -0.2) is 42.0 Å². The van der Waals surface area contributed by atoms with Gasteiger partial charge < -0.3 is 15.5 Å². The van der Waals surface area contributed by atoms with Crippen LogP contribution in [0.3, 0.4) is 0 Å². The first-order chi connectivity index (χ1) is 11.5. The number of nitrogens with zero attached hydrogens (tertiary/aromatic N) is 4. The highest BCUT2D eigenvalue weighted by molar-refractivity contribution is 14.0. The minimum Gasteiger partial charge on any atom is -0.370 e. The molecule has 1 aliphatic rings. The lowest BCUT2D eigenvalue weighted by Gasteiger charge is -2.36. The lowest BCUT2D eigenvalue weighted by molar-refractivity contribution is 0.380. The van der Waals surface area contributed by atoms with Crippen molar-refractivity contribution in [2.75, 3.05) is 31.1 Å². The second-order valence-corrected chi connectivity index (χ2v) is 7.27. The van der Waals surface area contributed by atoms with Gasteiger partial charge in [0.25, 0.3) is 0 Å². The van der Waals surface area contributed by atoms with E-state index in [0.717, 1.165) is 42.6 Å². The van der Waals surface area contributed by atoms with Crippen molar-refractivity contribution in [3.8, 4) is 0 Å². The first-order valence-electron chi connectivity index (χ1n) is 8.01. The van der Waals surface area contributed by atoms with Crippen LogP contribution in [0.4, 0.5) is 10.1 Å². The molecule has 8 heteroatoms. The molecule has 0 saturated carbocycles. The maximum absolute atomic E-state index is 13.0. The van der Waals surface area contributed by atoms with Crippen LogP contribution in [-0.2, 0) is 6.54 Å². The number of aryl methyl sites for hydroxylation is 2. The van der Waals surface area contributed by atoms with Gasteiger partial charge in [-0.2, -0.15) is 0 Å². The van der Waals surface area contributed by atoms with Crippen molar-refractivity contribution in [2.24, 2.45) is 10.7 Å². The van der Waals surface area contributed by atoms with Crippen LogP contribution < -0.4 is 10.6 Å². The van der Waals surface area contributed by atoms with Gasteiger partial charge >= 0.3 is 0 Å². The zero-order valence-electron chi connectivity index (χ0n) is 14.4. The predicted molar refractivity (Wildman–Crippen MR) is 113 cm³/mol. The van der Waals surface area contributed by atoms with Crippen molar-refractivity contribution in [1.29, 1.82) is 0 Å². The zero-order valence-corrected chi connectivity index (χ0v) is 17.6. The molecule has 2 heterocycles. The molecule has 0 amide bonds. The second-order valence-electron chi connectivity index (χ2n) is 5.86. The quantitative estimate of drug-likeness (QED) is 0.421. The molecule has 1 aromatic heterocycles. The van der Waals surface area contributed by atoms with Crippen LogP contribution in [0.2, 0.25) is 0 Å². The van der Waals surface area contributed by atoms with Gasteiger partial charge in [-0.05, 0) is 38.1 Å². The van der Waals surface area contributed by atoms with Crippen molar-refractivity contribution in [2.45, 2.75) is 20.4 Å². The predicted octanol–water partition coefficient (Wildman–Crippen LogP) is 3.15. The summed E-state index contributed by atoms with van der Waals surface area (Å²) in [6.45, 7) is 7.90. The molecule has 0 atom stereocenters. The highest BCUT2D eigenvalue weighted by Gasteiger charge is 2.18. The van der Waals surface area contributed by atoms with Gasteiger partial charge in [0, 0.05) is 36.7 Å². The average molecular weight is 475 g/mol. The van der Waals surface area contributed by atoms with Crippen LogP contribution in [0.5, 0.6) is 0 Å². The summed E-state index contributed by atoms with van der Waals surface area (Å²) < 4.78 is 13.0. The third-order valence-corrected chi connectivity index (χ3v) is 5.11. The molecule has 5 nitrogen and oxygen atoms in total. The molecule has 1 fully saturated rings. The van der Waals surface area contributed by atoms with Gasteiger partial charge in [0.1, 0.15) is 5.82 Å². The maximum atomic E-state index is 13.0. The Kier molecular flexibility index (Phi) is 7.00. The monoisotopic (exact) mass is 475 g/mol. The number of hydrogen-bond donors (Lipinski definition) is 1. The van der Waals surface area contributed by atoms with Crippen molar-refractivity contribution in [3.05, 3.63) is 45.7 Å². The molecule has 1 aromatic carbocycles. The van der Waals surface area contributed by atoms with Gasteiger partial charge in [-0.15, -0.1) is 35.3 Å². The van der Waals surface area contributed by atoms with E-state index in [0.29, 0.717) is 12.5 Å². The van der Waals surface area contributed by atoms with Gasteiger partial charge in [-0.25, -0.2) is 14.4 Å². The Hall–Kier alpha value is -1.42. The first kappa shape index (κ1) is 19.9. The van der Waals surface area contributed by atoms with E-state index in [1.807, 2.05) is 19.1 Å². The van der Waals surface area contributed by atoms with E-state index >= 15 is 0 Å². The third kappa shape index (κ3) is 5.04. The Morgan fingerprint density at radius 3 is 2.40 bits per heavy atom. The number of anilines is 1. The Morgan fingerprint density at radius 2 is 1.84 bits per heavy atom. The number of aliphatic imine (C=N–C) groups is 1. The summed E-state index contributed by atoms with van der Waals surface area (Å²) in [5.41, 5.74) is 8.19. The van der Waals surface area contributed by atoms with Gasteiger partial charge in [-0.1, -0.05) is 0 Å². The normalized spacial score (nSPS) is 15.2. The molecule has 3 rings (SSSR count). The van der Waals surface area contributed by atoms with Crippen LogP contribution in [0.25, 0.3) is 0 Å². The molecule has 2 aromatic rings. The Balaban J connectivity index is 0.00000225. The van der Waals surface area contributed by atoms with E-state index in [-0.39, 0.29) is 29.8 Å². The summed E-state index contributed by atoms with van der Waals surface area (Å²) >= 11 is 1.69. The number of benzene rings is 1. The van der Waals surface area contributed by atoms with Gasteiger partial charge in [0.05, 0.1) is 17.2 Å². The molecule has 0 aliphatic carbocycles. The fourth-order valence-electron chi connectivity index (χ4n) is 2.82. The standard InChI is InChI=1S/C17H22FN5S.HI/c1-12-16(21-13(2)24-12)11-20-17(19)23-9-7-22(8-10-23)15-5-3-14(18)4-6-15;/h3-6H,7-11H2,1-2H3,(H2,19,20);1H. The summed E-state index contributed by atoms with van der Waals surface area (Å²) in [6.07, 6.45) is 0. The number of piperazine rings is 1. The smallest absolute Gasteiger partial charge is 0.191 e. The van der Waals surface area contributed by atoms with Gasteiger partial charge in [0.15, 0.2) is 5.96 Å². The highest BCUT2D eigenvalue weighted by Crippen LogP contribution is 2.18. The zero-order chi connectivity index (χ0) is 17.1. The second kappa shape index (κ2) is 8.79. The molecular weight excluding hydrogens is 452 g/mol. The molecule has 1 aliphatic heterocycles. The third-order valence-electron chi connectivity index (χ3n) is 4.19. The molecule has 0 radical (unpaired) electrons. The van der Waals surface area contributed by atoms with Crippen molar-refractivity contribution < 1.29 is 4.39 Å². The lowest BCUT2D eigenvalue weighted by atomic mass is 10.2. The summed E-state index contributed by atoms with van der Waals surface area (Å²) in [6, 6.07) is 6.62. The molecule has 136 valence electrons. The lowest BCUT2D eigenvalue weighted by Crippen LogP contribution is -2.51. The molecule has 2 N–H and O–H groups in total. The van der Waals surface area contributed by atoms with Crippen LogP contribution >= 0.6 is 35.3 Å². The number of guanidine groups is 1. The average Bonchev–Trinajstić information content (AvgIpc) is 2.91. The highest BCUT2D eigenvalue weighted by atomic mass is 127. The fraction of sp³-hybridized carbons (Fsp3) is 0.412. The van der Waals surface area contributed by atoms with Crippen LogP contribution in [0.1, 0.15) is 15.6 Å². The van der Waals surface area contributed by atoms with Crippen molar-refractivity contribution >= 4 is 47.0 Å². The van der Waals surface area contributed by atoms with E-state index in [1.165, 1.54) is 17.0 Å². The Bertz CT molecular complexity index is 723. The number of rotatable bonds is 3. The number of nitrogens with two attached hydrogens (primary N) is 1. The minimum absolute atomic E-state index is 0. The first-order valence-corrected chi connectivity index (χ1v) is 8.83. The summed E-state index contributed by atoms with van der Waals surface area (Å²) in [5, 5.41) is 1.06. The number of thiazole rings is 1. The Labute approximate surface area is 168 Å². The van der Waals surface area contributed by atoms with E-state index in [9.17, 15) is 4.39 Å². The maximum Gasteiger partial charge on any atom is 0.191 e. The van der Waals surface area contributed by atoms with Crippen LogP contribution in [0, 0.1) is 19.7 Å². The number of hydrogen-bond acceptors (Lipinski definition) is 4. The van der Waals surface area contributed by atoms with Crippen LogP contribution in [0.15, 0.2) is 29.3 Å². The van der Waals surface area contributed by atoms with Crippen molar-refractivity contribution in [1.82, 2.24) is 9.88 Å². The molecule has 1 saturated heterocycles. The molecule has 0 bridgehead atoms. The summed E-state index contributed by atoms with van der Waals surface area (Å²) in [5.74, 6) is 0.361. The fourth-order valence-corrected chi connectivity index (χ4v) is 3.65. The number of aromatic nitrogens is 1. The molecule has 0 unspecified atom stereocenters. The SMILES string of the molecule is Cc1nc(CN=C(N)N2CCN(c3ccc(F)cc3)CC2)c(C)s1.I. The molecular formula is C17H23FIN5S. The van der Waals surface area contributed by atoms with E-state index in [4.69, 9.17) is 5.73 Å². The summed E-state index contributed by atoms with van der Waals surface area (Å²) in [7, 11) is 0. The minimum atomic E-state index is -0.207. The largest absolute Gasteiger partial charge is 0.370 e. The number of halogens is 2. The molecule has 25 heavy (non-hydrogen) atoms. The van der Waals surface area contributed by atoms with Gasteiger partial charge in [0.2, 0.25) is 0 Å². The van der Waals surface area contributed by atoms with Crippen molar-refractivity contribution in [3.63, 3.8) is 0 Å². The van der Waals surface area contributed by atoms with E-state index in [2.05, 4.69) is 26.7 Å². The van der Waals surface area contributed by atoms with Gasteiger partial charge in [-0.3, -0.25) is 0 Å².